The first-order valence-corrected chi connectivity index (χ1v) is 52.3. The molecule has 50 nitrogen and oxygen atoms in total. The van der Waals surface area contributed by atoms with Crippen LogP contribution < -0.4 is 88.3 Å². The number of H-pyrrole nitrogens is 2. The van der Waals surface area contributed by atoms with Gasteiger partial charge in [-0.15, -0.1) is 0 Å². The largest absolute Gasteiger partial charge is 0.790 e. The summed E-state index contributed by atoms with van der Waals surface area (Å²) in [5, 5.41) is 100. The van der Waals surface area contributed by atoms with Gasteiger partial charge in [-0.25, -0.2) is 27.8 Å². The van der Waals surface area contributed by atoms with Crippen LogP contribution >= 0.6 is 46.9 Å². The number of nitrogens with one attached hydrogen (secondary N) is 6. The van der Waals surface area contributed by atoms with E-state index in [0.717, 1.165) is 9.13 Å². The molecule has 56 heteroatoms. The number of amides is 4. The predicted octanol–water partition coefficient (Wildman–Crippen LogP) is -1.40. The van der Waals surface area contributed by atoms with Gasteiger partial charge in [0, 0.05) is 122 Å². The topological polar surface area (TPSA) is 813 Å². The van der Waals surface area contributed by atoms with Gasteiger partial charge in [0.2, 0.25) is 17.7 Å². The number of carbonyl (C=O) groups is 6. The quantitative estimate of drug-likeness (QED) is 0.00908. The molecular weight excluding hydrogens is 1950 g/mol. The van der Waals surface area contributed by atoms with E-state index in [1.54, 1.807) is 6.07 Å². The second-order valence-electron chi connectivity index (χ2n) is 34.6. The number of phenols is 1. The molecule has 9 aliphatic rings. The molecule has 0 bridgehead atoms. The van der Waals surface area contributed by atoms with Crippen LogP contribution in [0.3, 0.4) is 0 Å². The van der Waals surface area contributed by atoms with Gasteiger partial charge in [0.1, 0.15) is 35.9 Å². The zero-order valence-corrected chi connectivity index (χ0v) is 78.4. The fraction of sp³-hybridized carbons (Fsp3) is 0.524. The molecule has 0 radical (unpaired) electrons. The Morgan fingerprint density at radius 1 is 0.572 bits per heavy atom. The SMILES string of the molecule is O=C(CCCCCNC(=O)CO[C@H]1CC[C@@]2(O)[C@H](CC[C@@H]3[C@@H]2C[C@@H](O)[C@]2(O)[C@@H](C4=CC(=O)OC4)CC[C@]32O)C1)NC/C=C/c1cn([C@@H]2C[C@H](COP(=O)([O-])OP(=O)([O-])OP(=O)([O-])[O-])[C@@H](O)C2)c(=O)[nH]c1=O.O=C(CCCCCNC(=O)c1ccc(-c2c3ccc(=O)cc-3oc3cc(O)ccc23)c(C(=O)O)c1)NC/C=C/c1cn([C@@H]2C[C@H](COP(=O)([O-])OP(=O)([O-])OP(=O)([O-])[O-])[C@@H](O)C2)c(=O)[nH]c1=O. The van der Waals surface area contributed by atoms with E-state index >= 15 is 0 Å². The lowest BCUT2D eigenvalue weighted by molar-refractivity contribution is -0.342. The molecule has 19 atom stereocenters. The summed E-state index contributed by atoms with van der Waals surface area (Å²) < 4.78 is 109. The van der Waals surface area contributed by atoms with E-state index < -0.39 is 177 Å². The molecule has 6 saturated carbocycles. The van der Waals surface area contributed by atoms with Crippen molar-refractivity contribution in [3.05, 3.63) is 165 Å². The highest BCUT2D eigenvalue weighted by molar-refractivity contribution is 7.65. The number of ether oxygens (including phenoxy) is 2. The Kier molecular flexibility index (Phi) is 34.8. The summed E-state index contributed by atoms with van der Waals surface area (Å²) in [5.41, 5.74) is -6.53. The van der Waals surface area contributed by atoms with Crippen molar-refractivity contribution in [3.8, 4) is 28.2 Å². The number of aliphatic hydroxyl groups excluding tert-OH is 3. The number of esters is 1. The van der Waals surface area contributed by atoms with Crippen LogP contribution in [0.2, 0.25) is 0 Å². The lowest BCUT2D eigenvalue weighted by Gasteiger charge is -2.63. The van der Waals surface area contributed by atoms with Gasteiger partial charge in [0.05, 0.1) is 81.2 Å². The summed E-state index contributed by atoms with van der Waals surface area (Å²) in [7, 11) is -36.4. The maximum Gasteiger partial charge on any atom is 0.336 e. The van der Waals surface area contributed by atoms with Crippen molar-refractivity contribution >= 4 is 106 Å². The maximum atomic E-state index is 13.1. The number of aromatic carboxylic acids is 1. The first kappa shape index (κ1) is 108. The maximum absolute atomic E-state index is 13.1. The van der Waals surface area contributed by atoms with Crippen LogP contribution in [-0.2, 0) is 82.3 Å². The number of aromatic nitrogens is 4. The number of nitrogens with zero attached hydrogens (tertiary/aromatic N) is 2. The minimum Gasteiger partial charge on any atom is -0.790 e. The van der Waals surface area contributed by atoms with Crippen molar-refractivity contribution in [1.29, 1.82) is 0 Å². The van der Waals surface area contributed by atoms with Gasteiger partial charge in [-0.1, -0.05) is 43.2 Å². The Morgan fingerprint density at radius 2 is 1.12 bits per heavy atom. The molecule has 4 heterocycles. The van der Waals surface area contributed by atoms with Gasteiger partial charge in [-0.3, -0.25) is 79.5 Å². The van der Waals surface area contributed by atoms with Crippen LogP contribution in [0.4, 0.5) is 0 Å². The number of fused-ring (bicyclic) bond motifs is 7. The summed E-state index contributed by atoms with van der Waals surface area (Å²) in [5.74, 6) is -6.98. The van der Waals surface area contributed by atoms with E-state index in [1.165, 1.54) is 91.3 Å². The number of benzene rings is 3. The molecule has 756 valence electrons. The Bertz CT molecular complexity index is 6260. The second-order valence-corrected chi connectivity index (χ2v) is 43.1. The monoisotopic (exact) mass is 2050 g/mol. The van der Waals surface area contributed by atoms with Crippen LogP contribution in [-0.4, -0.2) is 189 Å². The Hall–Kier alpha value is -9.13. The van der Waals surface area contributed by atoms with Gasteiger partial charge >= 0.3 is 23.3 Å². The zero-order valence-electron chi connectivity index (χ0n) is 73.0. The Balaban J connectivity index is 0.000000248. The first-order valence-electron chi connectivity index (χ1n) is 43.5. The van der Waals surface area contributed by atoms with E-state index in [4.69, 9.17) is 13.9 Å². The van der Waals surface area contributed by atoms with Crippen molar-refractivity contribution in [2.24, 2.45) is 35.5 Å². The van der Waals surface area contributed by atoms with Crippen molar-refractivity contribution in [3.63, 3.8) is 0 Å². The van der Waals surface area contributed by atoms with E-state index in [2.05, 4.69) is 57.5 Å². The average molecular weight is 2050 g/mol. The summed E-state index contributed by atoms with van der Waals surface area (Å²) in [4.78, 5) is 230. The molecule has 2 aliphatic heterocycles. The number of aromatic hydroxyl groups is 1. The number of phosphoric ester groups is 2. The number of hydrogen-bond donors (Lipinski definition) is 14. The number of unbranched alkanes of at least 4 members (excludes halogenated alkanes) is 4. The van der Waals surface area contributed by atoms with Crippen LogP contribution in [0, 0.1) is 35.5 Å². The minimum absolute atomic E-state index is 0.00208. The lowest BCUT2D eigenvalue weighted by atomic mass is 9.48. The van der Waals surface area contributed by atoms with Gasteiger partial charge in [0.25, 0.3) is 48.3 Å². The summed E-state index contributed by atoms with van der Waals surface area (Å²) in [6, 6.07) is 11.0. The molecule has 0 spiro atoms. The number of carboxylic acid groups (broad SMARTS) is 1. The number of aromatic amines is 2. The first-order chi connectivity index (χ1) is 64.7. The van der Waals surface area contributed by atoms with Crippen molar-refractivity contribution in [1.82, 2.24) is 40.4 Å². The molecule has 4 aromatic rings. The van der Waals surface area contributed by atoms with Crippen LogP contribution in [0.15, 0.2) is 119 Å². The van der Waals surface area contributed by atoms with Crippen molar-refractivity contribution < 1.29 is 176 Å². The normalized spacial score (nSPS) is 27.1. The van der Waals surface area contributed by atoms with Crippen LogP contribution in [0.5, 0.6) is 5.75 Å². The smallest absolute Gasteiger partial charge is 0.336 e. The van der Waals surface area contributed by atoms with E-state index in [0.29, 0.717) is 106 Å². The molecule has 6 fully saturated rings. The molecule has 138 heavy (non-hydrogen) atoms. The highest BCUT2D eigenvalue weighted by Crippen LogP contribution is 2.66. The highest BCUT2D eigenvalue weighted by atomic mass is 31.3. The lowest BCUT2D eigenvalue weighted by Crippen LogP contribution is -2.73. The number of cyclic esters (lactones) is 1. The Morgan fingerprint density at radius 3 is 1.66 bits per heavy atom. The number of aliphatic hydroxyl groups is 6. The zero-order chi connectivity index (χ0) is 101. The highest BCUT2D eigenvalue weighted by Gasteiger charge is 2.73. The molecule has 7 aliphatic carbocycles. The van der Waals surface area contributed by atoms with E-state index in [1.807, 2.05) is 0 Å². The molecule has 2 aromatic heterocycles. The van der Waals surface area contributed by atoms with Gasteiger partial charge in [-0.2, -0.15) is 0 Å². The van der Waals surface area contributed by atoms with E-state index in [9.17, 15) is 160 Å². The minimum atomic E-state index is -6.19. The number of phenolic OH excluding ortho intramolecular Hbond substituents is 1. The molecule has 2 aromatic carbocycles. The van der Waals surface area contributed by atoms with Crippen LogP contribution in [0.1, 0.15) is 172 Å². The number of phosphoric acid groups is 6. The standard InChI is InChI=1S/C42H63N4O22P3.C40H43N4O20P3/c47-33-18-28(15-26(33)22-66-70(60,61)68-71(62,63)67-69(57,58)59)46-20-24(38(52)45-39(46)53)5-4-14-43-35(49)6-2-1-3-13-44-36(50)23-64-29-9-11-40(54)27(17-29)7-8-31-32(40)19-34(48)42(56)30(10-12-41(31,42)55)25-16-37(51)65-21-25;45-26-8-11-29-33(18-26)62-34-19-27(46)9-12-30(34)36(29)28-10-7-22(16-31(28)39(51)52)37(49)42-13-3-1-2-6-35(48)41-14-4-5-23-20-44(40(53)43-38(23)50)25-15-24(32(47)17-25)21-61-66(57,58)64-67(59,60)63-65(54,55)56/h4-5,16,20,26-34,47-48,54-56H,1-3,6-15,17-19,21-23H2,(H,43,49)(H,44,50)(H,60,61)(H,62,63)(H,45,52,53)(H2,57,58,59);4-5,7-12,16,18-20,24-25,32,45,47H,1-3,6,13-15,17,21H2,(H,41,48)(H,42,49)(H,51,52)(H,57,58)(H,59,60)(H,43,50,53)(H2,54,55,56)/p-8/b2*5-4+/t26-,27-,28-,29+,30-,31-,32+,33+,34-,40-,41+,42-;24-,25-,32+/m11/s1. The second kappa shape index (κ2) is 44.6. The van der Waals surface area contributed by atoms with Crippen molar-refractivity contribution in [2.45, 2.75) is 182 Å². The van der Waals surface area contributed by atoms with Gasteiger partial charge in [0.15, 0.2) is 5.43 Å². The predicted molar refractivity (Wildman–Crippen MR) is 460 cm³/mol. The fourth-order valence-corrected chi connectivity index (χ4v) is 25.3. The number of rotatable bonds is 41. The van der Waals surface area contributed by atoms with E-state index in [-0.39, 0.29) is 164 Å². The van der Waals surface area contributed by atoms with Crippen molar-refractivity contribution in [2.75, 3.05) is 52.6 Å². The van der Waals surface area contributed by atoms with Gasteiger partial charge < -0.3 is 133 Å². The molecule has 13 rings (SSSR count). The number of carboxylic acids is 1. The fourth-order valence-electron chi connectivity index (χ4n) is 19.4. The molecule has 4 unspecified atom stereocenters. The number of carbonyl (C=O) groups excluding carboxylic acids is 5. The molecule has 0 saturated heterocycles. The molecular formula is C82H98N8O42P6-8. The third-order valence-electron chi connectivity index (χ3n) is 25.7. The molecule has 4 amide bonds. The Labute approximate surface area is 781 Å². The summed E-state index contributed by atoms with van der Waals surface area (Å²) >= 11 is 0. The average Bonchev–Trinajstić information content (AvgIpc) is 1.48. The molecule has 14 N–H and O–H groups in total. The summed E-state index contributed by atoms with van der Waals surface area (Å²) in [6.45, 7) is -1.34. The third kappa shape index (κ3) is 27.2. The number of hydrogen-bond acceptors (Lipinski definition) is 41. The third-order valence-corrected chi connectivity index (χ3v) is 33.0. The van der Waals surface area contributed by atoms with Gasteiger partial charge in [-0.05, 0) is 168 Å². The van der Waals surface area contributed by atoms with Crippen LogP contribution in [0.25, 0.3) is 45.6 Å². The summed E-state index contributed by atoms with van der Waals surface area (Å²) in [6.07, 6.45) is 11.2.